The summed E-state index contributed by atoms with van der Waals surface area (Å²) in [6, 6.07) is 0. The Kier molecular flexibility index (Phi) is 12.4. The van der Waals surface area contributed by atoms with Gasteiger partial charge in [-0.25, -0.2) is 0 Å². The Bertz CT molecular complexity index is 167. The van der Waals surface area contributed by atoms with E-state index in [0.29, 0.717) is 0 Å². The van der Waals surface area contributed by atoms with Crippen molar-refractivity contribution >= 4 is 20.5 Å². The van der Waals surface area contributed by atoms with E-state index < -0.39 is 40.5 Å². The third kappa shape index (κ3) is 19.5. The first kappa shape index (κ1) is 16.6. The van der Waals surface area contributed by atoms with E-state index in [-0.39, 0.29) is 0 Å². The Balaban J connectivity index is 0. The van der Waals surface area contributed by atoms with Crippen LogP contribution >= 0.6 is 8.53 Å². The lowest BCUT2D eigenvalue weighted by Crippen LogP contribution is -2.14. The quantitative estimate of drug-likeness (QED) is 0.156. The van der Waals surface area contributed by atoms with Crippen LogP contribution in [-0.4, -0.2) is 45.5 Å². The van der Waals surface area contributed by atoms with Crippen LogP contribution in [0.25, 0.3) is 0 Å². The zero-order valence-corrected chi connectivity index (χ0v) is 8.46. The van der Waals surface area contributed by atoms with Gasteiger partial charge >= 0.3 is 11.9 Å². The van der Waals surface area contributed by atoms with Crippen molar-refractivity contribution in [3.05, 3.63) is 0 Å². The number of carbonyl (C=O) groups excluding carboxylic acids is 2. The predicted molar refractivity (Wildman–Crippen MR) is 46.5 cm³/mol. The average molecular weight is 245 g/mol. The first-order valence-electron chi connectivity index (χ1n) is 3.39. The minimum atomic E-state index is -2.12. The smallest absolute Gasteiger partial charge is 0.319 e. The van der Waals surface area contributed by atoms with Gasteiger partial charge in [0.25, 0.3) is 0 Å². The third-order valence-corrected chi connectivity index (χ3v) is 0.740. The van der Waals surface area contributed by atoms with Gasteiger partial charge in [0.05, 0.1) is 0 Å². The molecule has 0 radical (unpaired) electrons. The van der Waals surface area contributed by atoms with Gasteiger partial charge in [-0.3, -0.25) is 15.1 Å². The number of hydrogen-bond donors (Lipinski definition) is 5. The van der Waals surface area contributed by atoms with E-state index >= 15 is 0 Å². The lowest BCUT2D eigenvalue weighted by atomic mass is 10.4. The second-order valence-corrected chi connectivity index (χ2v) is 2.43. The van der Waals surface area contributed by atoms with Crippen LogP contribution in [0.3, 0.4) is 0 Å². The van der Waals surface area contributed by atoms with E-state index in [1.165, 1.54) is 0 Å². The SMILES string of the molecule is NP(O)O.O=C(CC(=O)OCO)OCO. The average Bonchev–Trinajstić information content (AvgIpc) is 2.03. The van der Waals surface area contributed by atoms with Crippen LogP contribution < -0.4 is 5.50 Å². The van der Waals surface area contributed by atoms with Crippen LogP contribution in [0.15, 0.2) is 0 Å². The molecule has 90 valence electrons. The molecule has 0 aliphatic heterocycles. The van der Waals surface area contributed by atoms with Crippen molar-refractivity contribution in [1.29, 1.82) is 0 Å². The van der Waals surface area contributed by atoms with Crippen molar-refractivity contribution < 1.29 is 39.1 Å². The molecule has 6 N–H and O–H groups in total. The van der Waals surface area contributed by atoms with Crippen LogP contribution in [0.1, 0.15) is 6.42 Å². The Labute approximate surface area is 86.0 Å². The number of nitrogens with two attached hydrogens (primary N) is 1. The molecule has 0 rings (SSSR count). The minimum Gasteiger partial charge on any atom is -0.438 e. The Morgan fingerprint density at radius 3 is 1.53 bits per heavy atom. The fraction of sp³-hybridized carbons (Fsp3) is 0.600. The first-order chi connectivity index (χ1) is 6.93. The van der Waals surface area contributed by atoms with Gasteiger partial charge < -0.3 is 29.5 Å². The second-order valence-electron chi connectivity index (χ2n) is 1.79. The molecule has 0 saturated heterocycles. The van der Waals surface area contributed by atoms with Gasteiger partial charge in [0.2, 0.25) is 8.53 Å². The Morgan fingerprint density at radius 2 is 1.33 bits per heavy atom. The Hall–Kier alpha value is -0.830. The molecule has 15 heavy (non-hydrogen) atoms. The lowest BCUT2D eigenvalue weighted by molar-refractivity contribution is -0.162. The normalized spacial score (nSPS) is 8.93. The fourth-order valence-corrected chi connectivity index (χ4v) is 0.364. The van der Waals surface area contributed by atoms with Gasteiger partial charge in [0.15, 0.2) is 13.6 Å². The highest BCUT2D eigenvalue weighted by molar-refractivity contribution is 7.42. The van der Waals surface area contributed by atoms with Crippen molar-refractivity contribution in [3.8, 4) is 0 Å². The topological polar surface area (TPSA) is 160 Å². The van der Waals surface area contributed by atoms with Crippen molar-refractivity contribution in [3.63, 3.8) is 0 Å². The molecular formula is C5H12NO8P. The highest BCUT2D eigenvalue weighted by Crippen LogP contribution is 2.05. The van der Waals surface area contributed by atoms with E-state index in [1.54, 1.807) is 0 Å². The first-order valence-corrected chi connectivity index (χ1v) is 4.71. The fourth-order valence-electron chi connectivity index (χ4n) is 0.364. The van der Waals surface area contributed by atoms with Crippen LogP contribution in [-0.2, 0) is 19.1 Å². The molecule has 0 unspecified atom stereocenters. The zero-order valence-electron chi connectivity index (χ0n) is 7.57. The summed E-state index contributed by atoms with van der Waals surface area (Å²) < 4.78 is 7.99. The standard InChI is InChI=1S/C5H8O6.H4NO2P/c6-2-10-4(8)1-5(9)11-3-7;1-4(2)3/h6-7H,1-3H2;2-3H,1H2. The molecule has 0 fully saturated rings. The number of esters is 2. The maximum absolute atomic E-state index is 10.4. The molecule has 0 amide bonds. The zero-order chi connectivity index (χ0) is 12.3. The van der Waals surface area contributed by atoms with E-state index in [0.717, 1.165) is 0 Å². The number of hydrogen-bond acceptors (Lipinski definition) is 9. The lowest BCUT2D eigenvalue weighted by Gasteiger charge is -1.99. The molecule has 0 spiro atoms. The second kappa shape index (κ2) is 11.2. The summed E-state index contributed by atoms with van der Waals surface area (Å²) in [5.74, 6) is -1.79. The van der Waals surface area contributed by atoms with Gasteiger partial charge in [-0.1, -0.05) is 0 Å². The van der Waals surface area contributed by atoms with Crippen LogP contribution in [0.4, 0.5) is 0 Å². The number of aliphatic hydroxyl groups excluding tert-OH is 2. The molecule has 0 aromatic heterocycles. The molecule has 0 atom stereocenters. The van der Waals surface area contributed by atoms with E-state index in [9.17, 15) is 9.59 Å². The number of ether oxygens (including phenoxy) is 2. The summed E-state index contributed by atoms with van der Waals surface area (Å²) in [4.78, 5) is 35.6. The van der Waals surface area contributed by atoms with Gasteiger partial charge in [-0.15, -0.1) is 0 Å². The summed E-state index contributed by atoms with van der Waals surface area (Å²) in [6.07, 6.45) is -0.610. The molecule has 10 heteroatoms. The van der Waals surface area contributed by atoms with Gasteiger partial charge in [0.1, 0.15) is 6.42 Å². The van der Waals surface area contributed by atoms with Crippen molar-refractivity contribution in [2.75, 3.05) is 13.6 Å². The largest absolute Gasteiger partial charge is 0.438 e. The summed E-state index contributed by atoms with van der Waals surface area (Å²) in [6.45, 7) is -1.55. The molecule has 0 aromatic carbocycles. The van der Waals surface area contributed by atoms with Gasteiger partial charge in [0, 0.05) is 0 Å². The molecule has 9 nitrogen and oxygen atoms in total. The van der Waals surface area contributed by atoms with Crippen LogP contribution in [0.2, 0.25) is 0 Å². The van der Waals surface area contributed by atoms with E-state index in [4.69, 9.17) is 20.0 Å². The summed E-state index contributed by atoms with van der Waals surface area (Å²) in [5, 5.41) is 16.1. The number of carbonyl (C=O) groups is 2. The molecule has 0 saturated carbocycles. The summed E-state index contributed by atoms with van der Waals surface area (Å²) >= 11 is 0. The predicted octanol–water partition coefficient (Wildman–Crippen LogP) is -2.48. The summed E-state index contributed by atoms with van der Waals surface area (Å²) in [7, 11) is -2.12. The van der Waals surface area contributed by atoms with E-state index in [1.807, 2.05) is 0 Å². The maximum atomic E-state index is 10.4. The maximum Gasteiger partial charge on any atom is 0.319 e. The Morgan fingerprint density at radius 1 is 1.07 bits per heavy atom. The van der Waals surface area contributed by atoms with Crippen molar-refractivity contribution in [1.82, 2.24) is 0 Å². The van der Waals surface area contributed by atoms with Crippen LogP contribution in [0, 0.1) is 0 Å². The number of aliphatic hydroxyl groups is 2. The molecule has 0 aliphatic carbocycles. The molecule has 0 aliphatic rings. The summed E-state index contributed by atoms with van der Waals surface area (Å²) in [5.41, 5.74) is 4.29. The molecule has 0 heterocycles. The number of rotatable bonds is 4. The molecule has 0 aromatic rings. The van der Waals surface area contributed by atoms with Gasteiger partial charge in [-0.05, 0) is 0 Å². The molecular weight excluding hydrogens is 233 g/mol. The third-order valence-electron chi connectivity index (χ3n) is 0.740. The highest BCUT2D eigenvalue weighted by Gasteiger charge is 2.10. The van der Waals surface area contributed by atoms with Crippen molar-refractivity contribution in [2.24, 2.45) is 5.50 Å². The van der Waals surface area contributed by atoms with E-state index in [2.05, 4.69) is 15.0 Å². The van der Waals surface area contributed by atoms with Gasteiger partial charge in [-0.2, -0.15) is 0 Å². The molecule has 0 bridgehead atoms. The minimum absolute atomic E-state index is 0.610. The van der Waals surface area contributed by atoms with Crippen molar-refractivity contribution in [2.45, 2.75) is 6.42 Å². The monoisotopic (exact) mass is 245 g/mol. The highest BCUT2D eigenvalue weighted by atomic mass is 31.2. The van der Waals surface area contributed by atoms with Crippen LogP contribution in [0.5, 0.6) is 0 Å².